The Morgan fingerprint density at radius 2 is 1.83 bits per heavy atom. The number of ether oxygens (including phenoxy) is 1. The van der Waals surface area contributed by atoms with Gasteiger partial charge in [-0.15, -0.1) is 13.2 Å². The lowest BCUT2D eigenvalue weighted by Gasteiger charge is -2.45. The summed E-state index contributed by atoms with van der Waals surface area (Å²) < 4.78 is 39.8. The van der Waals surface area contributed by atoms with Crippen LogP contribution in [0.5, 0.6) is 0 Å². The summed E-state index contributed by atoms with van der Waals surface area (Å²) in [5.74, 6) is 0. The maximum Gasteiger partial charge on any atom is 0.522 e. The SMILES string of the molecule is CCN(CCOC(F)(F)F)C1(CN)CCCCC1. The number of hydrogen-bond acceptors (Lipinski definition) is 3. The van der Waals surface area contributed by atoms with Crippen LogP contribution < -0.4 is 5.73 Å². The summed E-state index contributed by atoms with van der Waals surface area (Å²) in [5, 5.41) is 0. The molecule has 0 bridgehead atoms. The van der Waals surface area contributed by atoms with Gasteiger partial charge in [0.2, 0.25) is 0 Å². The Kier molecular flexibility index (Phi) is 5.88. The Morgan fingerprint density at radius 3 is 2.28 bits per heavy atom. The van der Waals surface area contributed by atoms with Crippen molar-refractivity contribution < 1.29 is 17.9 Å². The molecule has 1 aliphatic rings. The second kappa shape index (κ2) is 6.73. The number of nitrogens with two attached hydrogens (primary N) is 1. The number of likely N-dealkylation sites (N-methyl/N-ethyl adjacent to an activating group) is 1. The minimum Gasteiger partial charge on any atom is -0.329 e. The third kappa shape index (κ3) is 4.40. The monoisotopic (exact) mass is 268 g/mol. The highest BCUT2D eigenvalue weighted by Crippen LogP contribution is 2.32. The van der Waals surface area contributed by atoms with Crippen LogP contribution in [0.15, 0.2) is 0 Å². The molecule has 18 heavy (non-hydrogen) atoms. The maximum atomic E-state index is 12.0. The fraction of sp³-hybridized carbons (Fsp3) is 1.00. The van der Waals surface area contributed by atoms with Crippen LogP contribution in [0, 0.1) is 0 Å². The molecule has 1 saturated carbocycles. The van der Waals surface area contributed by atoms with Gasteiger partial charge < -0.3 is 5.73 Å². The summed E-state index contributed by atoms with van der Waals surface area (Å²) in [6, 6.07) is 0. The summed E-state index contributed by atoms with van der Waals surface area (Å²) in [5.41, 5.74) is 5.74. The number of rotatable bonds is 6. The van der Waals surface area contributed by atoms with E-state index in [9.17, 15) is 13.2 Å². The average molecular weight is 268 g/mol. The fourth-order valence-corrected chi connectivity index (χ4v) is 2.86. The third-order valence-corrected chi connectivity index (χ3v) is 3.84. The number of alkyl halides is 3. The normalized spacial score (nSPS) is 20.3. The lowest BCUT2D eigenvalue weighted by molar-refractivity contribution is -0.325. The molecule has 0 unspecified atom stereocenters. The molecule has 0 amide bonds. The number of nitrogens with zero attached hydrogens (tertiary/aromatic N) is 1. The van der Waals surface area contributed by atoms with Crippen molar-refractivity contribution >= 4 is 0 Å². The van der Waals surface area contributed by atoms with E-state index in [-0.39, 0.29) is 18.7 Å². The van der Waals surface area contributed by atoms with E-state index in [0.717, 1.165) is 25.7 Å². The molecule has 1 fully saturated rings. The van der Waals surface area contributed by atoms with E-state index >= 15 is 0 Å². The highest BCUT2D eigenvalue weighted by Gasteiger charge is 2.36. The molecule has 0 aromatic rings. The highest BCUT2D eigenvalue weighted by molar-refractivity contribution is 4.93. The van der Waals surface area contributed by atoms with Crippen LogP contribution in [0.2, 0.25) is 0 Å². The van der Waals surface area contributed by atoms with Gasteiger partial charge in [-0.3, -0.25) is 9.64 Å². The van der Waals surface area contributed by atoms with E-state index < -0.39 is 6.36 Å². The van der Waals surface area contributed by atoms with Crippen molar-refractivity contribution in [3.63, 3.8) is 0 Å². The quantitative estimate of drug-likeness (QED) is 0.804. The van der Waals surface area contributed by atoms with Crippen LogP contribution in [-0.4, -0.2) is 43.0 Å². The first-order chi connectivity index (χ1) is 8.43. The first-order valence-electron chi connectivity index (χ1n) is 6.59. The van der Waals surface area contributed by atoms with Crippen molar-refractivity contribution in [2.45, 2.75) is 50.9 Å². The summed E-state index contributed by atoms with van der Waals surface area (Å²) in [4.78, 5) is 2.05. The molecule has 0 radical (unpaired) electrons. The second-order valence-electron chi connectivity index (χ2n) is 4.86. The van der Waals surface area contributed by atoms with Crippen molar-refractivity contribution in [3.8, 4) is 0 Å². The highest BCUT2D eigenvalue weighted by atomic mass is 19.4. The van der Waals surface area contributed by atoms with Crippen LogP contribution in [-0.2, 0) is 4.74 Å². The predicted molar refractivity (Wildman–Crippen MR) is 64.1 cm³/mol. The molecule has 0 aromatic carbocycles. The fourth-order valence-electron chi connectivity index (χ4n) is 2.86. The van der Waals surface area contributed by atoms with E-state index in [1.54, 1.807) is 0 Å². The molecule has 3 nitrogen and oxygen atoms in total. The number of hydrogen-bond donors (Lipinski definition) is 1. The largest absolute Gasteiger partial charge is 0.522 e. The second-order valence-corrected chi connectivity index (χ2v) is 4.86. The van der Waals surface area contributed by atoms with Crippen LogP contribution in [0.1, 0.15) is 39.0 Å². The van der Waals surface area contributed by atoms with Crippen LogP contribution in [0.25, 0.3) is 0 Å². The Balaban J connectivity index is 2.52. The van der Waals surface area contributed by atoms with Gasteiger partial charge in [-0.05, 0) is 19.4 Å². The van der Waals surface area contributed by atoms with Crippen molar-refractivity contribution in [1.29, 1.82) is 0 Å². The van der Waals surface area contributed by atoms with Crippen LogP contribution in [0.4, 0.5) is 13.2 Å². The number of halogens is 3. The van der Waals surface area contributed by atoms with Crippen molar-refractivity contribution in [1.82, 2.24) is 4.90 Å². The van der Waals surface area contributed by atoms with Gasteiger partial charge in [0.15, 0.2) is 0 Å². The molecule has 0 atom stereocenters. The molecule has 1 aliphatic carbocycles. The Morgan fingerprint density at radius 1 is 1.22 bits per heavy atom. The molecule has 6 heteroatoms. The maximum absolute atomic E-state index is 12.0. The smallest absolute Gasteiger partial charge is 0.329 e. The van der Waals surface area contributed by atoms with Gasteiger partial charge in [-0.1, -0.05) is 26.2 Å². The van der Waals surface area contributed by atoms with Crippen molar-refractivity contribution in [2.75, 3.05) is 26.2 Å². The van der Waals surface area contributed by atoms with Gasteiger partial charge in [0.1, 0.15) is 0 Å². The van der Waals surface area contributed by atoms with Crippen molar-refractivity contribution in [2.24, 2.45) is 5.73 Å². The van der Waals surface area contributed by atoms with Crippen molar-refractivity contribution in [3.05, 3.63) is 0 Å². The first-order valence-corrected chi connectivity index (χ1v) is 6.59. The minimum atomic E-state index is -4.54. The Hall–Kier alpha value is -0.330. The van der Waals surface area contributed by atoms with E-state index in [2.05, 4.69) is 9.64 Å². The molecule has 108 valence electrons. The first kappa shape index (κ1) is 15.7. The third-order valence-electron chi connectivity index (χ3n) is 3.84. The van der Waals surface area contributed by atoms with Crippen LogP contribution in [0.3, 0.4) is 0 Å². The molecule has 2 N–H and O–H groups in total. The van der Waals surface area contributed by atoms with E-state index in [1.165, 1.54) is 6.42 Å². The minimum absolute atomic E-state index is 0.123. The molecular formula is C12H23F3N2O. The molecule has 0 heterocycles. The lowest BCUT2D eigenvalue weighted by Crippen LogP contribution is -2.56. The summed E-state index contributed by atoms with van der Waals surface area (Å²) in [6.45, 7) is 3.14. The standard InChI is InChI=1S/C12H23F3N2O/c1-2-17(8-9-18-12(13,14)15)11(10-16)6-4-3-5-7-11/h2-10,16H2,1H3. The van der Waals surface area contributed by atoms with Gasteiger partial charge >= 0.3 is 6.36 Å². The molecule has 0 spiro atoms. The average Bonchev–Trinajstić information content (AvgIpc) is 2.34. The zero-order valence-electron chi connectivity index (χ0n) is 10.9. The lowest BCUT2D eigenvalue weighted by atomic mass is 9.80. The molecule has 0 aliphatic heterocycles. The Labute approximate surface area is 106 Å². The molecular weight excluding hydrogens is 245 g/mol. The molecule has 0 aromatic heterocycles. The van der Waals surface area contributed by atoms with Crippen LogP contribution >= 0.6 is 0 Å². The van der Waals surface area contributed by atoms with E-state index in [4.69, 9.17) is 5.73 Å². The summed E-state index contributed by atoms with van der Waals surface area (Å²) >= 11 is 0. The van der Waals surface area contributed by atoms with Gasteiger partial charge in [0.25, 0.3) is 0 Å². The van der Waals surface area contributed by atoms with Gasteiger partial charge in [0, 0.05) is 18.6 Å². The Bertz CT molecular complexity index is 240. The summed E-state index contributed by atoms with van der Waals surface area (Å²) in [6.07, 6.45) is 0.814. The summed E-state index contributed by atoms with van der Waals surface area (Å²) in [7, 11) is 0. The van der Waals surface area contributed by atoms with E-state index in [1.807, 2.05) is 6.92 Å². The van der Waals surface area contributed by atoms with Gasteiger partial charge in [0.05, 0.1) is 6.61 Å². The predicted octanol–water partition coefficient (Wildman–Crippen LogP) is 2.51. The zero-order valence-corrected chi connectivity index (χ0v) is 10.9. The van der Waals surface area contributed by atoms with E-state index in [0.29, 0.717) is 13.1 Å². The molecule has 1 rings (SSSR count). The zero-order chi connectivity index (χ0) is 13.6. The topological polar surface area (TPSA) is 38.5 Å². The van der Waals surface area contributed by atoms with Gasteiger partial charge in [-0.25, -0.2) is 0 Å². The van der Waals surface area contributed by atoms with Gasteiger partial charge in [-0.2, -0.15) is 0 Å². The molecule has 0 saturated heterocycles.